The largest absolute Gasteiger partial charge is 0.299 e. The molecule has 2 aromatic heterocycles. The molecule has 6 aromatic rings. The Morgan fingerprint density at radius 2 is 1.47 bits per heavy atom. The third-order valence-electron chi connectivity index (χ3n) is 10.1. The van der Waals surface area contributed by atoms with E-state index < -0.39 is 0 Å². The Kier molecular flexibility index (Phi) is 7.49. The lowest BCUT2D eigenvalue weighted by Gasteiger charge is -2.21. The summed E-state index contributed by atoms with van der Waals surface area (Å²) in [6.07, 6.45) is 9.32. The molecule has 2 heterocycles. The van der Waals surface area contributed by atoms with Gasteiger partial charge in [-0.2, -0.15) is 0 Å². The molecule has 224 valence electrons. The van der Waals surface area contributed by atoms with Gasteiger partial charge in [0.1, 0.15) is 5.82 Å². The third kappa shape index (κ3) is 5.31. The fourth-order valence-corrected chi connectivity index (χ4v) is 7.32. The molecule has 1 aliphatic carbocycles. The Labute approximate surface area is 267 Å². The molecule has 0 bridgehead atoms. The first-order valence-corrected chi connectivity index (χ1v) is 16.2. The van der Waals surface area contributed by atoms with Crippen molar-refractivity contribution in [2.24, 2.45) is 5.92 Å². The summed E-state index contributed by atoms with van der Waals surface area (Å²) in [7, 11) is 0. The van der Waals surface area contributed by atoms with Gasteiger partial charge in [0.15, 0.2) is 0 Å². The van der Waals surface area contributed by atoms with Crippen molar-refractivity contribution in [2.45, 2.75) is 59.3 Å². The second kappa shape index (κ2) is 11.6. The Morgan fingerprint density at radius 1 is 0.733 bits per heavy atom. The van der Waals surface area contributed by atoms with Gasteiger partial charge in [-0.25, -0.2) is 4.98 Å². The predicted molar refractivity (Wildman–Crippen MR) is 187 cm³/mol. The fraction of sp³-hybridized carbons (Fsp3) is 0.238. The zero-order valence-electron chi connectivity index (χ0n) is 27.0. The Morgan fingerprint density at radius 3 is 2.20 bits per heavy atom. The molecule has 3 heteroatoms. The van der Waals surface area contributed by atoms with Crippen molar-refractivity contribution in [1.82, 2.24) is 14.5 Å². The van der Waals surface area contributed by atoms with Crippen molar-refractivity contribution in [3.8, 4) is 39.3 Å². The van der Waals surface area contributed by atoms with Crippen LogP contribution in [0.4, 0.5) is 0 Å². The lowest BCUT2D eigenvalue weighted by Crippen LogP contribution is -2.12. The van der Waals surface area contributed by atoms with Gasteiger partial charge in [-0.15, -0.1) is 0 Å². The number of hydrogen-bond donors (Lipinski definition) is 0. The highest BCUT2D eigenvalue weighted by Crippen LogP contribution is 2.57. The van der Waals surface area contributed by atoms with Crippen LogP contribution in [-0.4, -0.2) is 14.5 Å². The zero-order valence-corrected chi connectivity index (χ0v) is 27.0. The molecule has 1 unspecified atom stereocenters. The van der Waals surface area contributed by atoms with Gasteiger partial charge in [-0.3, -0.25) is 9.55 Å². The van der Waals surface area contributed by atoms with Gasteiger partial charge in [0.25, 0.3) is 0 Å². The van der Waals surface area contributed by atoms with Crippen LogP contribution in [-0.2, 0) is 11.8 Å². The van der Waals surface area contributed by atoms with Crippen molar-refractivity contribution in [1.29, 1.82) is 0 Å². The second-order valence-corrected chi connectivity index (χ2v) is 13.0. The first kappa shape index (κ1) is 29.0. The van der Waals surface area contributed by atoms with Crippen LogP contribution in [0.5, 0.6) is 0 Å². The molecule has 0 spiro atoms. The van der Waals surface area contributed by atoms with E-state index in [1.807, 2.05) is 6.20 Å². The quantitative estimate of drug-likeness (QED) is 0.177. The van der Waals surface area contributed by atoms with Crippen molar-refractivity contribution >= 4 is 0 Å². The smallest absolute Gasteiger partial charge is 0.146 e. The van der Waals surface area contributed by atoms with Gasteiger partial charge < -0.3 is 0 Å². The standard InChI is InChI=1S/C42H41N3/c1-6-36-26-42(36,5)40-37(25-35(27-44-40)39-29(3)14-12-15-30(39)4)41-43-21-22-45(41)38-20-19-33(31-16-8-7-9-17-31)24-34(38)23-32-18-11-10-13-28(32)2/h7-22,24-25,27,36H,6,23,26H2,1-5H3/t36-,42?/m0/s1. The monoisotopic (exact) mass is 587 g/mol. The van der Waals surface area contributed by atoms with Crippen LogP contribution in [0.15, 0.2) is 116 Å². The molecule has 2 atom stereocenters. The molecule has 1 fully saturated rings. The number of nitrogens with zero attached hydrogens (tertiary/aromatic N) is 3. The van der Waals surface area contributed by atoms with Crippen LogP contribution >= 0.6 is 0 Å². The first-order valence-electron chi connectivity index (χ1n) is 16.2. The highest BCUT2D eigenvalue weighted by atomic mass is 15.1. The molecule has 4 aromatic carbocycles. The maximum atomic E-state index is 5.26. The van der Waals surface area contributed by atoms with E-state index in [9.17, 15) is 0 Å². The van der Waals surface area contributed by atoms with Gasteiger partial charge in [0.05, 0.1) is 11.4 Å². The van der Waals surface area contributed by atoms with Gasteiger partial charge in [0.2, 0.25) is 0 Å². The van der Waals surface area contributed by atoms with E-state index in [0.717, 1.165) is 47.6 Å². The number of pyridine rings is 1. The fourth-order valence-electron chi connectivity index (χ4n) is 7.32. The molecule has 1 aliphatic rings. The molecule has 45 heavy (non-hydrogen) atoms. The Hall–Kier alpha value is -4.76. The predicted octanol–water partition coefficient (Wildman–Crippen LogP) is 10.5. The SMILES string of the molecule is CC[C@H]1CC1(C)c1ncc(-c2c(C)cccc2C)cc1-c1nccn1-c1ccc(-c2ccccc2)cc1Cc1ccccc1C. The van der Waals surface area contributed by atoms with Crippen LogP contribution in [0.1, 0.15) is 60.2 Å². The van der Waals surface area contributed by atoms with Gasteiger partial charge >= 0.3 is 0 Å². The average molecular weight is 588 g/mol. The summed E-state index contributed by atoms with van der Waals surface area (Å²) in [4.78, 5) is 10.3. The average Bonchev–Trinajstić information content (AvgIpc) is 3.49. The topological polar surface area (TPSA) is 30.7 Å². The second-order valence-electron chi connectivity index (χ2n) is 13.0. The molecule has 7 rings (SSSR count). The molecular weight excluding hydrogens is 546 g/mol. The molecular formula is C42H41N3. The van der Waals surface area contributed by atoms with E-state index >= 15 is 0 Å². The summed E-state index contributed by atoms with van der Waals surface area (Å²) >= 11 is 0. The van der Waals surface area contributed by atoms with Crippen molar-refractivity contribution < 1.29 is 0 Å². The number of aromatic nitrogens is 3. The van der Waals surface area contributed by atoms with Crippen molar-refractivity contribution in [3.63, 3.8) is 0 Å². The Balaban J connectivity index is 1.42. The normalized spacial score (nSPS) is 17.4. The van der Waals surface area contributed by atoms with Crippen LogP contribution in [0, 0.1) is 26.7 Å². The van der Waals surface area contributed by atoms with E-state index in [4.69, 9.17) is 9.97 Å². The molecule has 0 radical (unpaired) electrons. The molecule has 0 aliphatic heterocycles. The van der Waals surface area contributed by atoms with Gasteiger partial charge in [-0.1, -0.05) is 99.1 Å². The van der Waals surface area contributed by atoms with E-state index in [1.165, 1.54) is 44.5 Å². The number of imidazole rings is 1. The number of rotatable bonds is 8. The minimum absolute atomic E-state index is 0.0569. The van der Waals surface area contributed by atoms with Gasteiger partial charge in [-0.05, 0) is 102 Å². The van der Waals surface area contributed by atoms with Crippen molar-refractivity contribution in [3.05, 3.63) is 149 Å². The molecule has 0 saturated heterocycles. The highest BCUT2D eigenvalue weighted by Gasteiger charge is 2.52. The first-order chi connectivity index (χ1) is 21.9. The minimum atomic E-state index is 0.0569. The van der Waals surface area contributed by atoms with Gasteiger partial charge in [0, 0.05) is 35.1 Å². The lowest BCUT2D eigenvalue weighted by molar-refractivity contribution is 0.626. The van der Waals surface area contributed by atoms with E-state index in [1.54, 1.807) is 0 Å². The maximum absolute atomic E-state index is 5.26. The molecule has 0 N–H and O–H groups in total. The van der Waals surface area contributed by atoms with Crippen LogP contribution in [0.3, 0.4) is 0 Å². The number of aryl methyl sites for hydroxylation is 3. The summed E-state index contributed by atoms with van der Waals surface area (Å²) in [5, 5.41) is 0. The minimum Gasteiger partial charge on any atom is -0.299 e. The van der Waals surface area contributed by atoms with Crippen LogP contribution < -0.4 is 0 Å². The Bertz CT molecular complexity index is 1980. The summed E-state index contributed by atoms with van der Waals surface area (Å²) in [6.45, 7) is 11.3. The molecule has 1 saturated carbocycles. The summed E-state index contributed by atoms with van der Waals surface area (Å²) in [5.41, 5.74) is 14.8. The van der Waals surface area contributed by atoms with Crippen molar-refractivity contribution in [2.75, 3.05) is 0 Å². The maximum Gasteiger partial charge on any atom is 0.146 e. The zero-order chi connectivity index (χ0) is 31.1. The van der Waals surface area contributed by atoms with E-state index in [0.29, 0.717) is 5.92 Å². The summed E-state index contributed by atoms with van der Waals surface area (Å²) in [5.74, 6) is 1.59. The summed E-state index contributed by atoms with van der Waals surface area (Å²) in [6, 6.07) is 35.1. The number of benzene rings is 4. The van der Waals surface area contributed by atoms with E-state index in [2.05, 4.69) is 149 Å². The van der Waals surface area contributed by atoms with Crippen LogP contribution in [0.25, 0.3) is 39.3 Å². The molecule has 0 amide bonds. The van der Waals surface area contributed by atoms with E-state index in [-0.39, 0.29) is 5.41 Å². The lowest BCUT2D eigenvalue weighted by atomic mass is 9.91. The summed E-state index contributed by atoms with van der Waals surface area (Å²) < 4.78 is 2.30. The highest BCUT2D eigenvalue weighted by molar-refractivity contribution is 5.77. The van der Waals surface area contributed by atoms with Crippen LogP contribution in [0.2, 0.25) is 0 Å². The molecule has 3 nitrogen and oxygen atoms in total. The number of hydrogen-bond acceptors (Lipinski definition) is 2. The third-order valence-corrected chi connectivity index (χ3v) is 10.1.